The van der Waals surface area contributed by atoms with Gasteiger partial charge in [0.05, 0.1) is 29.7 Å². The van der Waals surface area contributed by atoms with Gasteiger partial charge in [-0.3, -0.25) is 4.79 Å². The summed E-state index contributed by atoms with van der Waals surface area (Å²) in [6.07, 6.45) is 0. The van der Waals surface area contributed by atoms with Crippen LogP contribution in [-0.2, 0) is 14.3 Å². The maximum absolute atomic E-state index is 12.6. The first kappa shape index (κ1) is 22.2. The van der Waals surface area contributed by atoms with Gasteiger partial charge in [0.1, 0.15) is 10.6 Å². The maximum atomic E-state index is 12.6. The number of nitrogens with zero attached hydrogens (tertiary/aromatic N) is 2. The smallest absolute Gasteiger partial charge is 0.342 e. The van der Waals surface area contributed by atoms with Gasteiger partial charge in [-0.25, -0.2) is 14.3 Å². The van der Waals surface area contributed by atoms with Gasteiger partial charge in [0, 0.05) is 4.88 Å². The number of anilines is 1. The monoisotopic (exact) mass is 441 g/mol. The van der Waals surface area contributed by atoms with Crippen molar-refractivity contribution in [2.45, 2.75) is 27.7 Å². The first-order valence-corrected chi connectivity index (χ1v) is 10.3. The van der Waals surface area contributed by atoms with Crippen molar-refractivity contribution >= 4 is 34.2 Å². The number of rotatable bonds is 6. The van der Waals surface area contributed by atoms with Crippen molar-refractivity contribution in [3.8, 4) is 5.69 Å². The molecule has 0 aliphatic heterocycles. The molecule has 2 heterocycles. The molecule has 0 unspecified atom stereocenters. The molecule has 0 aliphatic carbocycles. The molecule has 0 saturated heterocycles. The summed E-state index contributed by atoms with van der Waals surface area (Å²) >= 11 is 1.26. The molecular formula is C22H23N3O5S. The Morgan fingerprint density at radius 2 is 1.71 bits per heavy atom. The number of esters is 2. The molecule has 3 rings (SSSR count). The van der Waals surface area contributed by atoms with Crippen LogP contribution in [0.15, 0.2) is 30.3 Å². The third kappa shape index (κ3) is 4.51. The summed E-state index contributed by atoms with van der Waals surface area (Å²) in [6.45, 7) is 6.61. The van der Waals surface area contributed by atoms with Gasteiger partial charge in [-0.2, -0.15) is 5.10 Å². The van der Waals surface area contributed by atoms with Crippen molar-refractivity contribution in [3.05, 3.63) is 63.3 Å². The van der Waals surface area contributed by atoms with E-state index in [4.69, 9.17) is 9.47 Å². The molecule has 31 heavy (non-hydrogen) atoms. The minimum Gasteiger partial charge on any atom is -0.465 e. The fraction of sp³-hybridized carbons (Fsp3) is 0.273. The number of para-hydroxylation sites is 1. The largest absolute Gasteiger partial charge is 0.465 e. The number of methoxy groups -OCH3 is 1. The Hall–Kier alpha value is -3.46. The van der Waals surface area contributed by atoms with E-state index in [9.17, 15) is 14.4 Å². The summed E-state index contributed by atoms with van der Waals surface area (Å²) in [6, 6.07) is 9.42. The van der Waals surface area contributed by atoms with Gasteiger partial charge in [-0.05, 0) is 45.4 Å². The predicted molar refractivity (Wildman–Crippen MR) is 117 cm³/mol. The number of hydrogen-bond donors (Lipinski definition) is 1. The van der Waals surface area contributed by atoms with Gasteiger partial charge in [0.15, 0.2) is 6.61 Å². The second-order valence-corrected chi connectivity index (χ2v) is 8.12. The second-order valence-electron chi connectivity index (χ2n) is 6.90. The molecule has 2 aromatic heterocycles. The summed E-state index contributed by atoms with van der Waals surface area (Å²) < 4.78 is 11.7. The summed E-state index contributed by atoms with van der Waals surface area (Å²) in [5.41, 5.74) is 3.30. The normalized spacial score (nSPS) is 10.6. The summed E-state index contributed by atoms with van der Waals surface area (Å²) in [5.74, 6) is -1.72. The van der Waals surface area contributed by atoms with Crippen molar-refractivity contribution in [1.29, 1.82) is 0 Å². The van der Waals surface area contributed by atoms with E-state index in [2.05, 4.69) is 10.4 Å². The first-order chi connectivity index (χ1) is 14.7. The van der Waals surface area contributed by atoms with Gasteiger partial charge in [-0.1, -0.05) is 18.2 Å². The molecule has 0 saturated carbocycles. The number of carbonyl (C=O) groups is 3. The number of ether oxygens (including phenoxy) is 2. The molecule has 1 amide bonds. The van der Waals surface area contributed by atoms with Crippen LogP contribution >= 0.6 is 11.3 Å². The molecule has 0 aliphatic rings. The number of amides is 1. The highest BCUT2D eigenvalue weighted by molar-refractivity contribution is 7.16. The Balaban J connectivity index is 1.71. The lowest BCUT2D eigenvalue weighted by Crippen LogP contribution is -2.22. The van der Waals surface area contributed by atoms with Crippen molar-refractivity contribution in [2.24, 2.45) is 0 Å². The number of carbonyl (C=O) groups excluding carboxylic acids is 3. The molecule has 1 N–H and O–H groups in total. The highest BCUT2D eigenvalue weighted by atomic mass is 32.1. The highest BCUT2D eigenvalue weighted by Gasteiger charge is 2.24. The maximum Gasteiger partial charge on any atom is 0.342 e. The standard InChI is InChI=1S/C22H23N3O5S/c1-12-15(4)31-20(18(12)21(27)29-5)23-17(26)11-30-22(28)19-13(2)24-25(14(19)3)16-9-7-6-8-10-16/h6-10H,11H2,1-5H3,(H,23,26). The molecule has 9 heteroatoms. The van der Waals surface area contributed by atoms with Crippen LogP contribution in [0, 0.1) is 27.7 Å². The average Bonchev–Trinajstić information content (AvgIpc) is 3.20. The van der Waals surface area contributed by atoms with Crippen LogP contribution in [-0.4, -0.2) is 41.3 Å². The highest BCUT2D eigenvalue weighted by Crippen LogP contribution is 2.32. The van der Waals surface area contributed by atoms with E-state index >= 15 is 0 Å². The van der Waals surface area contributed by atoms with Crippen molar-refractivity contribution < 1.29 is 23.9 Å². The minimum atomic E-state index is -0.640. The molecule has 0 radical (unpaired) electrons. The third-order valence-electron chi connectivity index (χ3n) is 4.86. The van der Waals surface area contributed by atoms with Gasteiger partial charge < -0.3 is 14.8 Å². The molecule has 0 fully saturated rings. The van der Waals surface area contributed by atoms with Gasteiger partial charge in [0.2, 0.25) is 0 Å². The van der Waals surface area contributed by atoms with Gasteiger partial charge >= 0.3 is 11.9 Å². The fourth-order valence-corrected chi connectivity index (χ4v) is 4.25. The first-order valence-electron chi connectivity index (χ1n) is 9.51. The third-order valence-corrected chi connectivity index (χ3v) is 5.98. The molecule has 0 bridgehead atoms. The van der Waals surface area contributed by atoms with Crippen LogP contribution in [0.5, 0.6) is 0 Å². The Morgan fingerprint density at radius 3 is 2.35 bits per heavy atom. The molecule has 3 aromatic rings. The van der Waals surface area contributed by atoms with Crippen LogP contribution in [0.1, 0.15) is 42.5 Å². The second kappa shape index (κ2) is 9.13. The van der Waals surface area contributed by atoms with Crippen LogP contribution in [0.2, 0.25) is 0 Å². The van der Waals surface area contributed by atoms with E-state index in [-0.39, 0.29) is 0 Å². The van der Waals surface area contributed by atoms with Crippen molar-refractivity contribution in [2.75, 3.05) is 19.0 Å². The molecule has 0 spiro atoms. The van der Waals surface area contributed by atoms with E-state index in [0.29, 0.717) is 27.5 Å². The summed E-state index contributed by atoms with van der Waals surface area (Å²) in [5, 5.41) is 7.42. The van der Waals surface area contributed by atoms with E-state index in [1.165, 1.54) is 18.4 Å². The number of benzene rings is 1. The number of aryl methyl sites for hydroxylation is 2. The van der Waals surface area contributed by atoms with Crippen LogP contribution in [0.4, 0.5) is 5.00 Å². The van der Waals surface area contributed by atoms with E-state index in [1.54, 1.807) is 25.5 Å². The number of thiophene rings is 1. The fourth-order valence-electron chi connectivity index (χ4n) is 3.19. The summed E-state index contributed by atoms with van der Waals surface area (Å²) in [4.78, 5) is 37.9. The Morgan fingerprint density at radius 1 is 1.03 bits per heavy atom. The van der Waals surface area contributed by atoms with Crippen LogP contribution in [0.3, 0.4) is 0 Å². The Labute approximate surface area is 183 Å². The van der Waals surface area contributed by atoms with E-state index in [1.807, 2.05) is 37.3 Å². The van der Waals surface area contributed by atoms with Crippen LogP contribution in [0.25, 0.3) is 5.69 Å². The zero-order chi connectivity index (χ0) is 22.7. The van der Waals surface area contributed by atoms with Crippen molar-refractivity contribution in [1.82, 2.24) is 9.78 Å². The van der Waals surface area contributed by atoms with Gasteiger partial charge in [-0.15, -0.1) is 11.3 Å². The lowest BCUT2D eigenvalue weighted by atomic mass is 10.1. The molecule has 0 atom stereocenters. The topological polar surface area (TPSA) is 99.5 Å². The molecule has 1 aromatic carbocycles. The Bertz CT molecular complexity index is 1150. The minimum absolute atomic E-state index is 0.306. The average molecular weight is 442 g/mol. The van der Waals surface area contributed by atoms with Crippen molar-refractivity contribution in [3.63, 3.8) is 0 Å². The summed E-state index contributed by atoms with van der Waals surface area (Å²) in [7, 11) is 1.28. The number of nitrogens with one attached hydrogen (secondary N) is 1. The number of aromatic nitrogens is 2. The van der Waals surface area contributed by atoms with E-state index < -0.39 is 24.5 Å². The predicted octanol–water partition coefficient (Wildman–Crippen LogP) is 3.75. The molecule has 162 valence electrons. The lowest BCUT2D eigenvalue weighted by molar-refractivity contribution is -0.119. The molecule has 8 nitrogen and oxygen atoms in total. The van der Waals surface area contributed by atoms with Gasteiger partial charge in [0.25, 0.3) is 5.91 Å². The molecular weight excluding hydrogens is 418 g/mol. The van der Waals surface area contributed by atoms with E-state index in [0.717, 1.165) is 16.1 Å². The quantitative estimate of drug-likeness (QED) is 0.585. The Kier molecular flexibility index (Phi) is 6.55. The number of hydrogen-bond acceptors (Lipinski definition) is 7. The zero-order valence-electron chi connectivity index (χ0n) is 17.9. The SMILES string of the molecule is COC(=O)c1c(NC(=O)COC(=O)c2c(C)nn(-c3ccccc3)c2C)sc(C)c1C. The zero-order valence-corrected chi connectivity index (χ0v) is 18.8. The lowest BCUT2D eigenvalue weighted by Gasteiger charge is -2.08. The van der Waals surface area contributed by atoms with Crippen LogP contribution < -0.4 is 5.32 Å².